The van der Waals surface area contributed by atoms with Crippen molar-refractivity contribution < 1.29 is 31.1 Å². The van der Waals surface area contributed by atoms with Gasteiger partial charge in [-0.2, -0.15) is 17.8 Å². The number of amides is 1. The number of nitrogens with one attached hydrogen (secondary N) is 1. The van der Waals surface area contributed by atoms with Gasteiger partial charge in [0.15, 0.2) is 5.82 Å². The molecule has 0 spiro atoms. The van der Waals surface area contributed by atoms with Gasteiger partial charge in [0.1, 0.15) is 18.0 Å². The molecule has 1 aromatic heterocycles. The van der Waals surface area contributed by atoms with E-state index in [9.17, 15) is 26.7 Å². The fourth-order valence-corrected chi connectivity index (χ4v) is 6.57. The fourth-order valence-electron chi connectivity index (χ4n) is 3.65. The van der Waals surface area contributed by atoms with Gasteiger partial charge in [-0.25, -0.2) is 21.8 Å². The molecule has 1 aromatic carbocycles. The third kappa shape index (κ3) is 3.21. The van der Waals surface area contributed by atoms with Crippen LogP contribution in [0.25, 0.3) is 16.5 Å². The average Bonchev–Trinajstić information content (AvgIpc) is 3.37. The first kappa shape index (κ1) is 20.1. The quantitative estimate of drug-likeness (QED) is 0.628. The second-order valence-electron chi connectivity index (χ2n) is 7.52. The molecule has 1 aliphatic carbocycles. The Kier molecular flexibility index (Phi) is 4.26. The van der Waals surface area contributed by atoms with E-state index in [1.54, 1.807) is 10.8 Å². The van der Waals surface area contributed by atoms with Crippen molar-refractivity contribution in [3.8, 4) is 5.75 Å². The third-order valence-electron chi connectivity index (χ3n) is 5.38. The number of aromatic hydroxyl groups is 1. The lowest BCUT2D eigenvalue weighted by Crippen LogP contribution is -2.32. The van der Waals surface area contributed by atoms with Crippen molar-refractivity contribution in [1.29, 1.82) is 0 Å². The Hall–Kier alpha value is -2.84. The van der Waals surface area contributed by atoms with Gasteiger partial charge in [-0.15, -0.1) is 5.10 Å². The maximum atomic E-state index is 15.3. The highest BCUT2D eigenvalue weighted by Crippen LogP contribution is 2.39. The van der Waals surface area contributed by atoms with E-state index in [4.69, 9.17) is 0 Å². The summed E-state index contributed by atoms with van der Waals surface area (Å²) in [6, 6.07) is 2.37. The van der Waals surface area contributed by atoms with Gasteiger partial charge in [-0.1, -0.05) is 6.08 Å². The number of hydrogen-bond donors (Lipinski definition) is 2. The van der Waals surface area contributed by atoms with Crippen molar-refractivity contribution in [3.63, 3.8) is 0 Å². The lowest BCUT2D eigenvalue weighted by Gasteiger charge is -2.18. The van der Waals surface area contributed by atoms with Gasteiger partial charge in [0, 0.05) is 24.5 Å². The first-order valence-electron chi connectivity index (χ1n) is 9.28. The Bertz CT molecular complexity index is 1390. The number of sulfonamides is 1. The van der Waals surface area contributed by atoms with E-state index in [1.807, 2.05) is 0 Å². The molecule has 2 aromatic rings. The summed E-state index contributed by atoms with van der Waals surface area (Å²) in [5.74, 6) is -2.67. The molecule has 164 valence electrons. The lowest BCUT2D eigenvalue weighted by atomic mass is 10.1. The van der Waals surface area contributed by atoms with Crippen LogP contribution in [0.15, 0.2) is 18.2 Å². The topological polar surface area (TPSA) is 150 Å². The van der Waals surface area contributed by atoms with E-state index in [1.165, 1.54) is 10.4 Å². The number of phenols is 1. The van der Waals surface area contributed by atoms with Gasteiger partial charge >= 0.3 is 10.2 Å². The number of rotatable bonds is 4. The Morgan fingerprint density at radius 2 is 1.94 bits per heavy atom. The second-order valence-corrected chi connectivity index (χ2v) is 11.3. The summed E-state index contributed by atoms with van der Waals surface area (Å²) >= 11 is 0. The SMILES string of the molecule is O=C1CN(c2c(O)cc3nnc(C4=CCN(S(=O)(=O)C5CC5)C4)cc3c2F)S(=O)(=O)N1. The standard InChI is InChI=1S/C17H16FN5O6S2/c18-16-11-5-12(9-3-4-22(7-9)30(26,27)10-1-2-10)19-20-13(11)6-14(24)17(16)23-8-15(25)21-31(23,28)29/h3,5-6,10,24H,1-2,4,7-8H2,(H,21,25). The summed E-state index contributed by atoms with van der Waals surface area (Å²) in [6.45, 7) is -0.426. The van der Waals surface area contributed by atoms with Crippen LogP contribution in [0.3, 0.4) is 0 Å². The molecule has 2 fully saturated rings. The lowest BCUT2D eigenvalue weighted by molar-refractivity contribution is -0.117. The highest BCUT2D eigenvalue weighted by molar-refractivity contribution is 7.92. The van der Waals surface area contributed by atoms with Crippen LogP contribution in [0.4, 0.5) is 10.1 Å². The monoisotopic (exact) mass is 469 g/mol. The van der Waals surface area contributed by atoms with Crippen LogP contribution >= 0.6 is 0 Å². The minimum atomic E-state index is -4.34. The average molecular weight is 469 g/mol. The van der Waals surface area contributed by atoms with Crippen molar-refractivity contribution in [2.75, 3.05) is 23.9 Å². The van der Waals surface area contributed by atoms with Crippen LogP contribution in [-0.4, -0.2) is 67.2 Å². The molecule has 1 saturated heterocycles. The van der Waals surface area contributed by atoms with Crippen molar-refractivity contribution in [3.05, 3.63) is 29.7 Å². The van der Waals surface area contributed by atoms with E-state index >= 15 is 4.39 Å². The van der Waals surface area contributed by atoms with Crippen LogP contribution in [0.2, 0.25) is 0 Å². The van der Waals surface area contributed by atoms with Crippen LogP contribution in [0.1, 0.15) is 18.5 Å². The van der Waals surface area contributed by atoms with Crippen LogP contribution < -0.4 is 9.03 Å². The number of carbonyl (C=O) groups is 1. The Balaban J connectivity index is 1.54. The molecule has 0 unspecified atom stereocenters. The number of anilines is 1. The van der Waals surface area contributed by atoms with Gasteiger partial charge in [0.2, 0.25) is 10.0 Å². The predicted molar refractivity (Wildman–Crippen MR) is 107 cm³/mol. The largest absolute Gasteiger partial charge is 0.506 e. The number of nitrogens with zero attached hydrogens (tertiary/aromatic N) is 4. The highest BCUT2D eigenvalue weighted by atomic mass is 32.2. The molecule has 2 aliphatic heterocycles. The normalized spacial score (nSPS) is 21.5. The number of carbonyl (C=O) groups excluding carboxylic acids is 1. The minimum absolute atomic E-state index is 0.0283. The molecule has 1 saturated carbocycles. The van der Waals surface area contributed by atoms with Gasteiger partial charge in [0.05, 0.1) is 16.5 Å². The van der Waals surface area contributed by atoms with E-state index in [0.29, 0.717) is 22.7 Å². The molecule has 31 heavy (non-hydrogen) atoms. The summed E-state index contributed by atoms with van der Waals surface area (Å²) in [6.07, 6.45) is 2.94. The molecular weight excluding hydrogens is 453 g/mol. The summed E-state index contributed by atoms with van der Waals surface area (Å²) < 4.78 is 67.8. The Morgan fingerprint density at radius 1 is 1.19 bits per heavy atom. The molecule has 0 radical (unpaired) electrons. The Labute approximate surface area is 176 Å². The molecule has 0 atom stereocenters. The number of benzene rings is 1. The van der Waals surface area contributed by atoms with E-state index in [-0.39, 0.29) is 34.9 Å². The van der Waals surface area contributed by atoms with Crippen molar-refractivity contribution >= 4 is 48.3 Å². The van der Waals surface area contributed by atoms with Crippen LogP contribution in [0.5, 0.6) is 5.75 Å². The third-order valence-corrected chi connectivity index (χ3v) is 9.06. The van der Waals surface area contributed by atoms with Crippen molar-refractivity contribution in [2.45, 2.75) is 18.1 Å². The zero-order valence-electron chi connectivity index (χ0n) is 15.8. The highest BCUT2D eigenvalue weighted by Gasteiger charge is 2.41. The molecule has 3 aliphatic rings. The number of hydrogen-bond acceptors (Lipinski definition) is 8. The number of halogens is 1. The molecule has 14 heteroatoms. The van der Waals surface area contributed by atoms with Crippen molar-refractivity contribution in [1.82, 2.24) is 19.2 Å². The van der Waals surface area contributed by atoms with Gasteiger partial charge in [-0.05, 0) is 24.5 Å². The maximum Gasteiger partial charge on any atom is 0.326 e. The number of phenolic OH excluding ortho intramolecular Hbond substituents is 1. The zero-order valence-corrected chi connectivity index (χ0v) is 17.4. The first-order valence-corrected chi connectivity index (χ1v) is 12.2. The van der Waals surface area contributed by atoms with E-state index < -0.39 is 49.9 Å². The molecule has 0 bridgehead atoms. The summed E-state index contributed by atoms with van der Waals surface area (Å²) in [4.78, 5) is 11.5. The molecule has 3 heterocycles. The van der Waals surface area contributed by atoms with E-state index in [0.717, 1.165) is 6.07 Å². The van der Waals surface area contributed by atoms with Crippen LogP contribution in [-0.2, 0) is 25.0 Å². The predicted octanol–water partition coefficient (Wildman–Crippen LogP) is -0.153. The molecule has 1 amide bonds. The summed E-state index contributed by atoms with van der Waals surface area (Å²) in [5.41, 5.74) is 0.0656. The molecule has 5 rings (SSSR count). The number of fused-ring (bicyclic) bond motifs is 1. The molecule has 11 nitrogen and oxygen atoms in total. The summed E-state index contributed by atoms with van der Waals surface area (Å²) in [7, 11) is -7.73. The summed E-state index contributed by atoms with van der Waals surface area (Å²) in [5, 5.41) is 17.6. The fraction of sp³-hybridized carbons (Fsp3) is 0.353. The van der Waals surface area contributed by atoms with Crippen LogP contribution in [0, 0.1) is 5.82 Å². The first-order chi connectivity index (χ1) is 14.6. The Morgan fingerprint density at radius 3 is 2.58 bits per heavy atom. The molecule has 2 N–H and O–H groups in total. The van der Waals surface area contributed by atoms with Gasteiger partial charge in [-0.3, -0.25) is 4.79 Å². The van der Waals surface area contributed by atoms with Gasteiger partial charge in [0.25, 0.3) is 5.91 Å². The zero-order chi connectivity index (χ0) is 22.1. The molecular formula is C17H16FN5O6S2. The smallest absolute Gasteiger partial charge is 0.326 e. The minimum Gasteiger partial charge on any atom is -0.506 e. The number of aromatic nitrogens is 2. The second kappa shape index (κ2) is 6.58. The van der Waals surface area contributed by atoms with Crippen molar-refractivity contribution in [2.24, 2.45) is 0 Å². The maximum absolute atomic E-state index is 15.3. The van der Waals surface area contributed by atoms with E-state index in [2.05, 4.69) is 10.2 Å². The van der Waals surface area contributed by atoms with Gasteiger partial charge < -0.3 is 5.11 Å².